The summed E-state index contributed by atoms with van der Waals surface area (Å²) in [5, 5.41) is 0. The smallest absolute Gasteiger partial charge is 0.176 e. The van der Waals surface area contributed by atoms with Crippen molar-refractivity contribution in [2.24, 2.45) is 0 Å². The number of thiophene rings is 1. The molecule has 80 valence electrons. The molecule has 0 spiro atoms. The largest absolute Gasteiger partial charge is 0.293 e. The van der Waals surface area contributed by atoms with E-state index in [4.69, 9.17) is 0 Å². The highest BCUT2D eigenvalue weighted by atomic mass is 32.2. The molecule has 0 unspecified atom stereocenters. The van der Waals surface area contributed by atoms with Gasteiger partial charge < -0.3 is 0 Å². The van der Waals surface area contributed by atoms with Gasteiger partial charge in [-0.3, -0.25) is 4.79 Å². The van der Waals surface area contributed by atoms with Gasteiger partial charge in [0.15, 0.2) is 5.78 Å². The lowest BCUT2D eigenvalue weighted by Crippen LogP contribution is -1.96. The first-order valence-corrected chi connectivity index (χ1v) is 7.01. The van der Waals surface area contributed by atoms with Crippen molar-refractivity contribution in [1.29, 1.82) is 0 Å². The summed E-state index contributed by atoms with van der Waals surface area (Å²) < 4.78 is 0. The van der Waals surface area contributed by atoms with E-state index < -0.39 is 0 Å². The van der Waals surface area contributed by atoms with Gasteiger partial charge in [0.25, 0.3) is 0 Å². The Morgan fingerprint density at radius 2 is 2.40 bits per heavy atom. The first-order chi connectivity index (χ1) is 7.16. The van der Waals surface area contributed by atoms with Crippen LogP contribution < -0.4 is 0 Å². The highest BCUT2D eigenvalue weighted by Gasteiger charge is 2.17. The minimum absolute atomic E-state index is 0.229. The van der Waals surface area contributed by atoms with Crippen molar-refractivity contribution < 1.29 is 4.79 Å². The molecule has 15 heavy (non-hydrogen) atoms. The predicted octanol–water partition coefficient (Wildman–Crippen LogP) is 3.69. The van der Waals surface area contributed by atoms with Gasteiger partial charge in [-0.2, -0.15) is 11.8 Å². The van der Waals surface area contributed by atoms with Crippen LogP contribution in [0.4, 0.5) is 0 Å². The summed E-state index contributed by atoms with van der Waals surface area (Å²) in [6.45, 7) is 5.69. The molecule has 0 atom stereocenters. The minimum Gasteiger partial charge on any atom is -0.293 e. The number of allylic oxidation sites excluding steroid dienone is 1. The zero-order chi connectivity index (χ0) is 10.8. The summed E-state index contributed by atoms with van der Waals surface area (Å²) in [6.07, 6.45) is 1.62. The van der Waals surface area contributed by atoms with Crippen LogP contribution >= 0.6 is 23.1 Å². The fourth-order valence-corrected chi connectivity index (χ4v) is 3.96. The van der Waals surface area contributed by atoms with Crippen molar-refractivity contribution in [1.82, 2.24) is 0 Å². The summed E-state index contributed by atoms with van der Waals surface area (Å²) in [5.74, 6) is 2.50. The van der Waals surface area contributed by atoms with Crippen molar-refractivity contribution in [3.63, 3.8) is 0 Å². The van der Waals surface area contributed by atoms with Crippen LogP contribution in [0.15, 0.2) is 18.2 Å². The van der Waals surface area contributed by atoms with Gasteiger partial charge in [-0.05, 0) is 30.7 Å². The van der Waals surface area contributed by atoms with Crippen LogP contribution in [0.25, 0.3) is 0 Å². The molecule has 1 aromatic heterocycles. The van der Waals surface area contributed by atoms with Crippen LogP contribution in [0.5, 0.6) is 0 Å². The number of ketones is 1. The van der Waals surface area contributed by atoms with Crippen molar-refractivity contribution >= 4 is 28.9 Å². The van der Waals surface area contributed by atoms with Crippen molar-refractivity contribution in [3.8, 4) is 0 Å². The SMILES string of the molecule is C=C(C)CC(=O)c1cc2c(s1)CCSC2. The minimum atomic E-state index is 0.229. The van der Waals surface area contributed by atoms with Gasteiger partial charge in [-0.25, -0.2) is 0 Å². The van der Waals surface area contributed by atoms with E-state index in [-0.39, 0.29) is 5.78 Å². The summed E-state index contributed by atoms with van der Waals surface area (Å²) in [5.41, 5.74) is 2.32. The molecular formula is C12H14OS2. The maximum absolute atomic E-state index is 11.8. The summed E-state index contributed by atoms with van der Waals surface area (Å²) in [6, 6.07) is 2.08. The van der Waals surface area contributed by atoms with Gasteiger partial charge in [-0.15, -0.1) is 11.3 Å². The van der Waals surface area contributed by atoms with Gasteiger partial charge in [0.1, 0.15) is 0 Å². The summed E-state index contributed by atoms with van der Waals surface area (Å²) in [4.78, 5) is 14.2. The lowest BCUT2D eigenvalue weighted by molar-refractivity contribution is 0.0997. The van der Waals surface area contributed by atoms with E-state index in [0.29, 0.717) is 6.42 Å². The molecule has 2 rings (SSSR count). The molecule has 1 nitrogen and oxygen atoms in total. The first-order valence-electron chi connectivity index (χ1n) is 5.03. The average Bonchev–Trinajstić information content (AvgIpc) is 2.59. The van der Waals surface area contributed by atoms with E-state index in [1.165, 1.54) is 16.2 Å². The second-order valence-electron chi connectivity index (χ2n) is 3.92. The Hall–Kier alpha value is -0.540. The molecule has 1 aliphatic rings. The zero-order valence-electron chi connectivity index (χ0n) is 8.84. The number of hydrogen-bond acceptors (Lipinski definition) is 3. The van der Waals surface area contributed by atoms with Crippen LogP contribution in [0.2, 0.25) is 0 Å². The Balaban J connectivity index is 2.18. The van der Waals surface area contributed by atoms with Crippen LogP contribution in [-0.4, -0.2) is 11.5 Å². The topological polar surface area (TPSA) is 17.1 Å². The third-order valence-corrected chi connectivity index (χ3v) is 4.65. The molecule has 0 radical (unpaired) electrons. The molecule has 0 aromatic carbocycles. The number of aryl methyl sites for hydroxylation is 1. The van der Waals surface area contributed by atoms with Crippen LogP contribution in [0.3, 0.4) is 0 Å². The molecule has 1 aromatic rings. The molecule has 0 fully saturated rings. The van der Waals surface area contributed by atoms with E-state index in [2.05, 4.69) is 12.6 Å². The van der Waals surface area contributed by atoms with E-state index in [0.717, 1.165) is 22.6 Å². The molecule has 0 saturated heterocycles. The van der Waals surface area contributed by atoms with E-state index in [9.17, 15) is 4.79 Å². The van der Waals surface area contributed by atoms with Gasteiger partial charge in [0.2, 0.25) is 0 Å². The van der Waals surface area contributed by atoms with Gasteiger partial charge in [-0.1, -0.05) is 12.2 Å². The summed E-state index contributed by atoms with van der Waals surface area (Å²) in [7, 11) is 0. The standard InChI is InChI=1S/C12H14OS2/c1-8(2)5-10(13)12-6-9-7-14-4-3-11(9)15-12/h6H,1,3-5,7H2,2H3. The molecule has 0 aliphatic carbocycles. The van der Waals surface area contributed by atoms with E-state index >= 15 is 0 Å². The van der Waals surface area contributed by atoms with E-state index in [1.54, 1.807) is 11.3 Å². The maximum Gasteiger partial charge on any atom is 0.176 e. The van der Waals surface area contributed by atoms with E-state index in [1.807, 2.05) is 18.7 Å². The van der Waals surface area contributed by atoms with Crippen LogP contribution in [-0.2, 0) is 12.2 Å². The normalized spacial score (nSPS) is 14.7. The Morgan fingerprint density at radius 3 is 3.07 bits per heavy atom. The number of carbonyl (C=O) groups excluding carboxylic acids is 1. The molecule has 0 bridgehead atoms. The molecular weight excluding hydrogens is 224 g/mol. The predicted molar refractivity (Wildman–Crippen MR) is 67.9 cm³/mol. The molecule has 1 aliphatic heterocycles. The number of rotatable bonds is 3. The number of thioether (sulfide) groups is 1. The Kier molecular flexibility index (Phi) is 3.32. The van der Waals surface area contributed by atoms with Gasteiger partial charge in [0, 0.05) is 17.1 Å². The fraction of sp³-hybridized carbons (Fsp3) is 0.417. The second kappa shape index (κ2) is 4.54. The van der Waals surface area contributed by atoms with Crippen molar-refractivity contribution in [3.05, 3.63) is 33.5 Å². The van der Waals surface area contributed by atoms with Crippen molar-refractivity contribution in [2.75, 3.05) is 5.75 Å². The van der Waals surface area contributed by atoms with Gasteiger partial charge in [0.05, 0.1) is 4.88 Å². The lowest BCUT2D eigenvalue weighted by atomic mass is 10.1. The molecule has 3 heteroatoms. The maximum atomic E-state index is 11.8. The number of hydrogen-bond donors (Lipinski definition) is 0. The third-order valence-electron chi connectivity index (χ3n) is 2.36. The number of Topliss-reactive ketones (excluding diaryl/α,β-unsaturated/α-hetero) is 1. The third kappa shape index (κ3) is 2.52. The molecule has 0 N–H and O–H groups in total. The van der Waals surface area contributed by atoms with Crippen LogP contribution in [0.1, 0.15) is 33.5 Å². The summed E-state index contributed by atoms with van der Waals surface area (Å²) >= 11 is 3.64. The Bertz CT molecular complexity index is 380. The highest BCUT2D eigenvalue weighted by molar-refractivity contribution is 7.98. The lowest BCUT2D eigenvalue weighted by Gasteiger charge is -2.08. The second-order valence-corrected chi connectivity index (χ2v) is 6.16. The zero-order valence-corrected chi connectivity index (χ0v) is 10.5. The number of carbonyl (C=O) groups is 1. The van der Waals surface area contributed by atoms with Gasteiger partial charge >= 0.3 is 0 Å². The average molecular weight is 238 g/mol. The molecule has 0 amide bonds. The number of fused-ring (bicyclic) bond motifs is 1. The van der Waals surface area contributed by atoms with Crippen LogP contribution in [0, 0.1) is 0 Å². The fourth-order valence-electron chi connectivity index (χ4n) is 1.65. The first kappa shape index (κ1) is 11.0. The Morgan fingerprint density at radius 1 is 1.60 bits per heavy atom. The van der Waals surface area contributed by atoms with Crippen molar-refractivity contribution in [2.45, 2.75) is 25.5 Å². The molecule has 2 heterocycles. The quantitative estimate of drug-likeness (QED) is 0.590. The monoisotopic (exact) mass is 238 g/mol. The molecule has 0 saturated carbocycles. The highest BCUT2D eigenvalue weighted by Crippen LogP contribution is 2.32. The Labute approximate surface area is 98.6 Å².